The maximum Gasteiger partial charge on any atom is 0.317 e. The molecule has 0 heterocycles. The van der Waals surface area contributed by atoms with E-state index in [1.54, 1.807) is 0 Å². The molecule has 0 N–H and O–H groups in total. The maximum atomic E-state index is 15.4. The highest BCUT2D eigenvalue weighted by molar-refractivity contribution is 8.30. The molecule has 0 spiro atoms. The fourth-order valence-corrected chi connectivity index (χ4v) is 10.5. The molecule has 0 aromatic heterocycles. The zero-order chi connectivity index (χ0) is 54.2. The number of hydrogen-bond donors (Lipinski definition) is 0. The van der Waals surface area contributed by atoms with Crippen LogP contribution in [0.5, 0.6) is 51.7 Å². The molecule has 11 nitrogen and oxygen atoms in total. The van der Waals surface area contributed by atoms with Gasteiger partial charge < -0.3 is 46.8 Å². The Balaban J connectivity index is 3.29. The summed E-state index contributed by atoms with van der Waals surface area (Å²) in [6, 6.07) is 11.1. The van der Waals surface area contributed by atoms with Crippen LogP contribution in [0.4, 0.5) is 0 Å². The third-order valence-corrected chi connectivity index (χ3v) is 11.7. The Hall–Kier alpha value is -4.32. The molecule has 0 aliphatic rings. The molecular weight excluding hydrogens is 905 g/mol. The van der Waals surface area contributed by atoms with Gasteiger partial charge in [-0.25, -0.2) is 0 Å². The molecule has 12 heteroatoms. The standard InChI is InChI=1S/C58H94O11S/c1-29-30-46(59)69-70(47-40(63-53(11,12)13)31-37(60-50(2,3)4)32-41(47)64-54(14,15)16,48-42(65-55(17,18)19)33-38(61-51(5,6)7)34-43(48)66-56(20,21)22)49-44(67-57(23,24)25)35-39(62-52(8,9)10)36-45(49)68-58(26,27)28/h31-36H,29-30H2,1-28H3. The molecule has 3 rings (SSSR count). The number of benzene rings is 3. The number of ether oxygens (including phenoxy) is 9. The molecule has 0 saturated carbocycles. The summed E-state index contributed by atoms with van der Waals surface area (Å²) < 4.78 is 71.1. The molecule has 398 valence electrons. The lowest BCUT2D eigenvalue weighted by Crippen LogP contribution is -2.31. The van der Waals surface area contributed by atoms with E-state index >= 15 is 4.79 Å². The van der Waals surface area contributed by atoms with Gasteiger partial charge >= 0.3 is 5.97 Å². The quantitative estimate of drug-likeness (QED) is 0.145. The van der Waals surface area contributed by atoms with Crippen LogP contribution in [0.3, 0.4) is 0 Å². The molecule has 0 radical (unpaired) electrons. The summed E-state index contributed by atoms with van der Waals surface area (Å²) in [7, 11) is -3.82. The molecule has 0 saturated heterocycles. The summed E-state index contributed by atoms with van der Waals surface area (Å²) in [4.78, 5) is 16.5. The molecular formula is C58H94O11S. The summed E-state index contributed by atoms with van der Waals surface area (Å²) in [5, 5.41) is 0. The second kappa shape index (κ2) is 20.7. The van der Waals surface area contributed by atoms with Gasteiger partial charge in [0.2, 0.25) is 0 Å². The highest BCUT2D eigenvalue weighted by atomic mass is 32.3. The maximum absolute atomic E-state index is 15.4. The molecule has 3 aromatic rings. The Morgan fingerprint density at radius 3 is 0.643 bits per heavy atom. The summed E-state index contributed by atoms with van der Waals surface area (Å²) in [5.74, 6) is 2.85. The summed E-state index contributed by atoms with van der Waals surface area (Å²) in [6.45, 7) is 55.3. The lowest BCUT2D eigenvalue weighted by molar-refractivity contribution is -0.133. The summed E-state index contributed by atoms with van der Waals surface area (Å²) >= 11 is 0. The minimum atomic E-state index is -3.82. The SMILES string of the molecule is CCCC(=O)OS(c1c(OC(C)(C)C)cc(OC(C)(C)C)cc1OC(C)(C)C)(c1c(OC(C)(C)C)cc(OC(C)(C)C)cc1OC(C)(C)C)c1c(OC(C)(C)C)cc(OC(C)(C)C)cc1OC(C)(C)C. The van der Waals surface area contributed by atoms with Crippen molar-refractivity contribution in [3.05, 3.63) is 36.4 Å². The van der Waals surface area contributed by atoms with Crippen molar-refractivity contribution >= 4 is 16.3 Å². The van der Waals surface area contributed by atoms with Crippen LogP contribution in [-0.2, 0) is 8.98 Å². The van der Waals surface area contributed by atoms with Crippen LogP contribution in [0.15, 0.2) is 51.1 Å². The Bertz CT molecular complexity index is 1910. The monoisotopic (exact) mass is 999 g/mol. The molecule has 0 aliphatic heterocycles. The van der Waals surface area contributed by atoms with Crippen LogP contribution in [0, 0.1) is 0 Å². The van der Waals surface area contributed by atoms with Crippen molar-refractivity contribution in [1.82, 2.24) is 0 Å². The minimum Gasteiger partial charge on any atom is -0.488 e. The first-order valence-corrected chi connectivity index (χ1v) is 26.4. The number of hydrogen-bond acceptors (Lipinski definition) is 11. The van der Waals surface area contributed by atoms with Gasteiger partial charge in [-0.2, -0.15) is 0 Å². The van der Waals surface area contributed by atoms with E-state index in [1.165, 1.54) is 0 Å². The van der Waals surface area contributed by atoms with Crippen molar-refractivity contribution in [3.63, 3.8) is 0 Å². The highest BCUT2D eigenvalue weighted by Crippen LogP contribution is 2.81. The third-order valence-electron chi connectivity index (χ3n) is 8.29. The lowest BCUT2D eigenvalue weighted by atomic mass is 10.1. The smallest absolute Gasteiger partial charge is 0.317 e. The first-order chi connectivity index (χ1) is 31.1. The average molecular weight is 999 g/mol. The van der Waals surface area contributed by atoms with Crippen molar-refractivity contribution in [2.45, 2.75) is 272 Å². The van der Waals surface area contributed by atoms with Gasteiger partial charge in [0.05, 0.1) is 0 Å². The zero-order valence-corrected chi connectivity index (χ0v) is 49.6. The van der Waals surface area contributed by atoms with E-state index in [2.05, 4.69) is 0 Å². The lowest BCUT2D eigenvalue weighted by Gasteiger charge is -2.46. The number of carbonyl (C=O) groups is 1. The predicted molar refractivity (Wildman–Crippen MR) is 286 cm³/mol. The molecule has 0 unspecified atom stereocenters. The molecule has 3 aromatic carbocycles. The first-order valence-electron chi connectivity index (χ1n) is 24.9. The van der Waals surface area contributed by atoms with E-state index in [0.29, 0.717) is 72.9 Å². The normalized spacial score (nSPS) is 13.8. The topological polar surface area (TPSA) is 109 Å². The van der Waals surface area contributed by atoms with Crippen LogP contribution >= 0.6 is 10.3 Å². The Kier molecular flexibility index (Phi) is 17.7. The fraction of sp³-hybridized carbons (Fsp3) is 0.672. The van der Waals surface area contributed by atoms with E-state index in [1.807, 2.05) is 230 Å². The van der Waals surface area contributed by atoms with Gasteiger partial charge in [0, 0.05) is 53.1 Å². The fourth-order valence-electron chi connectivity index (χ4n) is 7.00. The van der Waals surface area contributed by atoms with Crippen molar-refractivity contribution in [1.29, 1.82) is 0 Å². The van der Waals surface area contributed by atoms with Gasteiger partial charge in [-0.05, 0) is 193 Å². The summed E-state index contributed by atoms with van der Waals surface area (Å²) in [5.41, 5.74) is -6.86. The Labute approximate surface area is 426 Å². The van der Waals surface area contributed by atoms with Crippen LogP contribution in [0.25, 0.3) is 0 Å². The largest absolute Gasteiger partial charge is 0.488 e. The second-order valence-corrected chi connectivity index (χ2v) is 29.4. The van der Waals surface area contributed by atoms with Crippen molar-refractivity contribution in [2.75, 3.05) is 0 Å². The Morgan fingerprint density at radius 1 is 0.329 bits per heavy atom. The molecule has 0 fully saturated rings. The van der Waals surface area contributed by atoms with Crippen molar-refractivity contribution in [2.24, 2.45) is 0 Å². The van der Waals surface area contributed by atoms with Crippen LogP contribution in [0.1, 0.15) is 207 Å². The molecule has 0 amide bonds. The molecule has 0 atom stereocenters. The van der Waals surface area contributed by atoms with E-state index in [9.17, 15) is 0 Å². The van der Waals surface area contributed by atoms with E-state index < -0.39 is 66.7 Å². The van der Waals surface area contributed by atoms with E-state index in [-0.39, 0.29) is 6.42 Å². The van der Waals surface area contributed by atoms with Gasteiger partial charge in [0.25, 0.3) is 0 Å². The van der Waals surface area contributed by atoms with E-state index in [4.69, 9.17) is 46.8 Å². The van der Waals surface area contributed by atoms with Crippen molar-refractivity contribution in [3.8, 4) is 51.7 Å². The number of rotatable bonds is 15. The zero-order valence-electron chi connectivity index (χ0n) is 48.8. The van der Waals surface area contributed by atoms with Crippen LogP contribution in [-0.4, -0.2) is 56.4 Å². The van der Waals surface area contributed by atoms with Gasteiger partial charge in [-0.1, -0.05) is 6.92 Å². The van der Waals surface area contributed by atoms with Gasteiger partial charge in [-0.15, -0.1) is 0 Å². The molecule has 70 heavy (non-hydrogen) atoms. The molecule has 0 aliphatic carbocycles. The number of carbonyl (C=O) groups excluding carboxylic acids is 1. The average Bonchev–Trinajstić information content (AvgIpc) is 3.01. The third kappa shape index (κ3) is 19.0. The van der Waals surface area contributed by atoms with Gasteiger partial charge in [0.15, 0.2) is 0 Å². The van der Waals surface area contributed by atoms with Crippen LogP contribution in [0.2, 0.25) is 0 Å². The Morgan fingerprint density at radius 2 is 0.500 bits per heavy atom. The molecule has 0 bridgehead atoms. The van der Waals surface area contributed by atoms with Gasteiger partial charge in [0.1, 0.15) is 117 Å². The predicted octanol–water partition coefficient (Wildman–Crippen LogP) is 16.8. The second-order valence-electron chi connectivity index (χ2n) is 26.9. The van der Waals surface area contributed by atoms with Crippen molar-refractivity contribution < 1.29 is 51.6 Å². The van der Waals surface area contributed by atoms with Gasteiger partial charge in [-0.3, -0.25) is 4.79 Å². The highest BCUT2D eigenvalue weighted by Gasteiger charge is 2.52. The van der Waals surface area contributed by atoms with Crippen LogP contribution < -0.4 is 42.6 Å². The first kappa shape index (κ1) is 60.0. The minimum absolute atomic E-state index is 0.0528. The van der Waals surface area contributed by atoms with E-state index in [0.717, 1.165) is 0 Å². The summed E-state index contributed by atoms with van der Waals surface area (Å²) in [6.07, 6.45) is 0.532.